The van der Waals surface area contributed by atoms with Crippen LogP contribution in [0.2, 0.25) is 0 Å². The average molecular weight is 333 g/mol. The molecule has 0 radical (unpaired) electrons. The molecule has 2 aromatic rings. The summed E-state index contributed by atoms with van der Waals surface area (Å²) in [4.78, 5) is 12.7. The van der Waals surface area contributed by atoms with Crippen LogP contribution in [0.1, 0.15) is 40.2 Å². The molecule has 0 unspecified atom stereocenters. The zero-order valence-electron chi connectivity index (χ0n) is 13.9. The van der Waals surface area contributed by atoms with E-state index in [4.69, 9.17) is 4.74 Å². The molecule has 0 aliphatic carbocycles. The molecule has 23 heavy (non-hydrogen) atoms. The molecule has 0 aromatic carbocycles. The van der Waals surface area contributed by atoms with Crippen LogP contribution < -0.4 is 5.32 Å². The Morgan fingerprint density at radius 3 is 2.74 bits per heavy atom. The number of ether oxygens (including phenoxy) is 1. The molecule has 1 saturated heterocycles. The minimum Gasteiger partial charge on any atom is -0.381 e. The van der Waals surface area contributed by atoms with Gasteiger partial charge in [-0.1, -0.05) is 0 Å². The highest BCUT2D eigenvalue weighted by atomic mass is 32.1. The molecule has 6 heteroatoms. The van der Waals surface area contributed by atoms with Crippen molar-refractivity contribution in [2.24, 2.45) is 7.05 Å². The number of carbonyl (C=O) groups excluding carboxylic acids is 1. The highest BCUT2D eigenvalue weighted by Gasteiger charge is 2.35. The lowest BCUT2D eigenvalue weighted by Gasteiger charge is -2.37. The predicted octanol–water partition coefficient (Wildman–Crippen LogP) is 2.58. The maximum atomic E-state index is 12.7. The third-order valence-electron chi connectivity index (χ3n) is 4.91. The van der Waals surface area contributed by atoms with Crippen molar-refractivity contribution in [1.82, 2.24) is 15.1 Å². The minimum absolute atomic E-state index is 0.0159. The summed E-state index contributed by atoms with van der Waals surface area (Å²) in [6, 6.07) is 2.17. The Bertz CT molecular complexity index is 685. The van der Waals surface area contributed by atoms with Crippen molar-refractivity contribution < 1.29 is 9.53 Å². The van der Waals surface area contributed by atoms with Crippen LogP contribution in [0.3, 0.4) is 0 Å². The molecule has 124 valence electrons. The molecule has 3 rings (SSSR count). The van der Waals surface area contributed by atoms with Crippen molar-refractivity contribution in [3.63, 3.8) is 0 Å². The zero-order valence-corrected chi connectivity index (χ0v) is 14.7. The second-order valence-corrected chi connectivity index (χ2v) is 7.04. The highest BCUT2D eigenvalue weighted by molar-refractivity contribution is 7.08. The quantitative estimate of drug-likeness (QED) is 0.935. The number of rotatable bonds is 4. The van der Waals surface area contributed by atoms with E-state index in [2.05, 4.69) is 27.2 Å². The van der Waals surface area contributed by atoms with Gasteiger partial charge in [-0.3, -0.25) is 9.48 Å². The standard InChI is InChI=1S/C17H23N3O2S/c1-12-15(13(2)20(3)19-12)16(21)18-11-17(5-7-22-8-6-17)14-4-9-23-10-14/h4,9-10H,5-8,11H2,1-3H3,(H,18,21). The summed E-state index contributed by atoms with van der Waals surface area (Å²) in [6.45, 7) is 5.94. The van der Waals surface area contributed by atoms with Crippen LogP contribution in [0, 0.1) is 13.8 Å². The molecule has 1 aliphatic heterocycles. The van der Waals surface area contributed by atoms with Crippen LogP contribution in [0.5, 0.6) is 0 Å². The lowest BCUT2D eigenvalue weighted by Crippen LogP contribution is -2.44. The van der Waals surface area contributed by atoms with Gasteiger partial charge in [-0.2, -0.15) is 16.4 Å². The van der Waals surface area contributed by atoms with Gasteiger partial charge in [0, 0.05) is 37.9 Å². The molecule has 0 spiro atoms. The van der Waals surface area contributed by atoms with Crippen molar-refractivity contribution in [3.05, 3.63) is 39.3 Å². The normalized spacial score (nSPS) is 17.2. The topological polar surface area (TPSA) is 56.2 Å². The third kappa shape index (κ3) is 3.05. The Hall–Kier alpha value is -1.66. The maximum Gasteiger partial charge on any atom is 0.255 e. The highest BCUT2D eigenvalue weighted by Crippen LogP contribution is 2.35. The van der Waals surface area contributed by atoms with Gasteiger partial charge in [0.05, 0.1) is 11.3 Å². The van der Waals surface area contributed by atoms with E-state index in [1.54, 1.807) is 16.0 Å². The van der Waals surface area contributed by atoms with Crippen LogP contribution in [0.4, 0.5) is 0 Å². The van der Waals surface area contributed by atoms with Crippen LogP contribution in [-0.4, -0.2) is 35.4 Å². The van der Waals surface area contributed by atoms with E-state index in [1.165, 1.54) is 5.56 Å². The molecular weight excluding hydrogens is 310 g/mol. The number of aryl methyl sites for hydroxylation is 2. The van der Waals surface area contributed by atoms with Gasteiger partial charge in [-0.05, 0) is 49.1 Å². The fourth-order valence-corrected chi connectivity index (χ4v) is 4.11. The van der Waals surface area contributed by atoms with E-state index in [0.717, 1.165) is 37.4 Å². The third-order valence-corrected chi connectivity index (χ3v) is 5.59. The van der Waals surface area contributed by atoms with Crippen molar-refractivity contribution in [2.75, 3.05) is 19.8 Å². The SMILES string of the molecule is Cc1nn(C)c(C)c1C(=O)NCC1(c2ccsc2)CCOCC1. The molecule has 2 aromatic heterocycles. The van der Waals surface area contributed by atoms with Crippen molar-refractivity contribution in [3.8, 4) is 0 Å². The van der Waals surface area contributed by atoms with Gasteiger partial charge < -0.3 is 10.1 Å². The lowest BCUT2D eigenvalue weighted by atomic mass is 9.75. The van der Waals surface area contributed by atoms with Crippen LogP contribution >= 0.6 is 11.3 Å². The molecule has 1 amide bonds. The second kappa shape index (κ2) is 6.45. The van der Waals surface area contributed by atoms with Gasteiger partial charge in [-0.25, -0.2) is 0 Å². The monoisotopic (exact) mass is 333 g/mol. The Morgan fingerprint density at radius 2 is 2.17 bits per heavy atom. The van der Waals surface area contributed by atoms with Gasteiger partial charge in [-0.15, -0.1) is 0 Å². The molecule has 0 atom stereocenters. The molecule has 5 nitrogen and oxygen atoms in total. The lowest BCUT2D eigenvalue weighted by molar-refractivity contribution is 0.0488. The van der Waals surface area contributed by atoms with Crippen LogP contribution in [0.25, 0.3) is 0 Å². The molecule has 1 N–H and O–H groups in total. The molecule has 3 heterocycles. The van der Waals surface area contributed by atoms with E-state index in [9.17, 15) is 4.79 Å². The van der Waals surface area contributed by atoms with Crippen molar-refractivity contribution >= 4 is 17.2 Å². The van der Waals surface area contributed by atoms with E-state index >= 15 is 0 Å². The van der Waals surface area contributed by atoms with Gasteiger partial charge >= 0.3 is 0 Å². The van der Waals surface area contributed by atoms with E-state index < -0.39 is 0 Å². The first kappa shape index (κ1) is 16.2. The predicted molar refractivity (Wildman–Crippen MR) is 91.1 cm³/mol. The molecular formula is C17H23N3O2S. The number of hydrogen-bond acceptors (Lipinski definition) is 4. The van der Waals surface area contributed by atoms with Gasteiger partial charge in [0.15, 0.2) is 0 Å². The Labute approximate surface area is 140 Å². The minimum atomic E-state index is -0.0332. The number of amides is 1. The fraction of sp³-hybridized carbons (Fsp3) is 0.529. The number of thiophene rings is 1. The average Bonchev–Trinajstić information content (AvgIpc) is 3.16. The first-order valence-corrected chi connectivity index (χ1v) is 8.87. The summed E-state index contributed by atoms with van der Waals surface area (Å²) in [5.41, 5.74) is 3.67. The number of aromatic nitrogens is 2. The first-order valence-electron chi connectivity index (χ1n) is 7.92. The van der Waals surface area contributed by atoms with E-state index in [-0.39, 0.29) is 11.3 Å². The fourth-order valence-electron chi connectivity index (χ4n) is 3.34. The van der Waals surface area contributed by atoms with Crippen molar-refractivity contribution in [1.29, 1.82) is 0 Å². The van der Waals surface area contributed by atoms with Crippen LogP contribution in [0.15, 0.2) is 16.8 Å². The molecule has 1 fully saturated rings. The van der Waals surface area contributed by atoms with Gasteiger partial charge in [0.1, 0.15) is 0 Å². The summed E-state index contributed by atoms with van der Waals surface area (Å²) in [5.74, 6) is -0.0332. The maximum absolute atomic E-state index is 12.7. The number of nitrogens with one attached hydrogen (secondary N) is 1. The largest absolute Gasteiger partial charge is 0.381 e. The van der Waals surface area contributed by atoms with Gasteiger partial charge in [0.2, 0.25) is 0 Å². The van der Waals surface area contributed by atoms with E-state index in [1.807, 2.05) is 20.9 Å². The summed E-state index contributed by atoms with van der Waals surface area (Å²) in [5, 5.41) is 11.8. The Balaban J connectivity index is 1.78. The number of nitrogens with zero attached hydrogens (tertiary/aromatic N) is 2. The molecule has 0 saturated carbocycles. The van der Waals surface area contributed by atoms with Crippen LogP contribution in [-0.2, 0) is 17.2 Å². The summed E-state index contributed by atoms with van der Waals surface area (Å²) in [6.07, 6.45) is 1.88. The summed E-state index contributed by atoms with van der Waals surface area (Å²) in [7, 11) is 1.87. The van der Waals surface area contributed by atoms with Crippen molar-refractivity contribution in [2.45, 2.75) is 32.1 Å². The summed E-state index contributed by atoms with van der Waals surface area (Å²) < 4.78 is 7.29. The Morgan fingerprint density at radius 1 is 1.43 bits per heavy atom. The molecule has 1 aliphatic rings. The summed E-state index contributed by atoms with van der Waals surface area (Å²) >= 11 is 1.70. The number of hydrogen-bond donors (Lipinski definition) is 1. The second-order valence-electron chi connectivity index (χ2n) is 6.26. The zero-order chi connectivity index (χ0) is 16.4. The number of carbonyl (C=O) groups is 1. The smallest absolute Gasteiger partial charge is 0.255 e. The van der Waals surface area contributed by atoms with E-state index in [0.29, 0.717) is 12.1 Å². The first-order chi connectivity index (χ1) is 11.0. The molecule has 0 bridgehead atoms. The van der Waals surface area contributed by atoms with Gasteiger partial charge in [0.25, 0.3) is 5.91 Å². The Kier molecular flexibility index (Phi) is 4.55.